The number of benzene rings is 2. The zero-order valence-electron chi connectivity index (χ0n) is 15.9. The topological polar surface area (TPSA) is 79.6 Å². The Kier molecular flexibility index (Phi) is 6.30. The minimum absolute atomic E-state index is 0.0731. The standard InChI is InChI=1S/C22H24N4O2/c1-17-13-20(27)7-8-21(17)24-22(28)19(14-23)16-26-11-9-25(10-12-26)15-18-5-3-2-4-6-18/h2-8,13,16,27H,9-12,15H2,1H3,(H,24,28)/b19-16-. The third-order valence-electron chi connectivity index (χ3n) is 4.79. The van der Waals surface area contributed by atoms with Gasteiger partial charge in [0.2, 0.25) is 0 Å². The number of rotatable bonds is 5. The minimum Gasteiger partial charge on any atom is -0.508 e. The average molecular weight is 376 g/mol. The van der Waals surface area contributed by atoms with Crippen LogP contribution in [0.3, 0.4) is 0 Å². The van der Waals surface area contributed by atoms with Gasteiger partial charge in [0.05, 0.1) is 0 Å². The molecule has 0 unspecified atom stereocenters. The molecule has 0 aliphatic carbocycles. The van der Waals surface area contributed by atoms with E-state index in [-0.39, 0.29) is 11.3 Å². The molecule has 2 N–H and O–H groups in total. The number of carbonyl (C=O) groups excluding carboxylic acids is 1. The first kappa shape index (κ1) is 19.5. The van der Waals surface area contributed by atoms with Gasteiger partial charge in [-0.2, -0.15) is 5.26 Å². The highest BCUT2D eigenvalue weighted by Gasteiger charge is 2.18. The van der Waals surface area contributed by atoms with Crippen LogP contribution in [0, 0.1) is 18.3 Å². The van der Waals surface area contributed by atoms with Gasteiger partial charge in [0, 0.05) is 44.6 Å². The lowest BCUT2D eigenvalue weighted by Crippen LogP contribution is -2.43. The van der Waals surface area contributed by atoms with Crippen LogP contribution >= 0.6 is 0 Å². The van der Waals surface area contributed by atoms with Gasteiger partial charge in [-0.05, 0) is 36.2 Å². The molecule has 6 nitrogen and oxygen atoms in total. The van der Waals surface area contributed by atoms with E-state index in [0.29, 0.717) is 5.69 Å². The highest BCUT2D eigenvalue weighted by molar-refractivity contribution is 6.06. The second-order valence-corrected chi connectivity index (χ2v) is 6.91. The van der Waals surface area contributed by atoms with Gasteiger partial charge in [-0.1, -0.05) is 30.3 Å². The van der Waals surface area contributed by atoms with Crippen LogP contribution in [-0.4, -0.2) is 47.0 Å². The number of aromatic hydroxyl groups is 1. The molecule has 28 heavy (non-hydrogen) atoms. The predicted octanol–water partition coefficient (Wildman–Crippen LogP) is 2.86. The van der Waals surface area contributed by atoms with Crippen molar-refractivity contribution in [2.24, 2.45) is 0 Å². The zero-order chi connectivity index (χ0) is 19.9. The average Bonchev–Trinajstić information content (AvgIpc) is 2.70. The van der Waals surface area contributed by atoms with E-state index in [9.17, 15) is 15.2 Å². The maximum absolute atomic E-state index is 12.5. The summed E-state index contributed by atoms with van der Waals surface area (Å²) in [7, 11) is 0. The number of hydrogen-bond donors (Lipinski definition) is 2. The molecule has 1 heterocycles. The van der Waals surface area contributed by atoms with Crippen LogP contribution in [-0.2, 0) is 11.3 Å². The third kappa shape index (κ3) is 5.12. The van der Waals surface area contributed by atoms with Crippen molar-refractivity contribution < 1.29 is 9.90 Å². The number of carbonyl (C=O) groups is 1. The molecule has 0 atom stereocenters. The number of nitrogens with zero attached hydrogens (tertiary/aromatic N) is 3. The van der Waals surface area contributed by atoms with Gasteiger partial charge in [-0.25, -0.2) is 0 Å². The molecule has 3 rings (SSSR count). The predicted molar refractivity (Wildman–Crippen MR) is 108 cm³/mol. The van der Waals surface area contributed by atoms with Crippen LogP contribution in [0.25, 0.3) is 0 Å². The van der Waals surface area contributed by atoms with Crippen molar-refractivity contribution in [3.05, 3.63) is 71.4 Å². The van der Waals surface area contributed by atoms with E-state index in [1.165, 1.54) is 11.6 Å². The summed E-state index contributed by atoms with van der Waals surface area (Å²) in [6.45, 7) is 5.99. The summed E-state index contributed by atoms with van der Waals surface area (Å²) < 4.78 is 0. The number of piperazine rings is 1. The van der Waals surface area contributed by atoms with E-state index in [2.05, 4.69) is 22.3 Å². The van der Waals surface area contributed by atoms with Crippen molar-refractivity contribution >= 4 is 11.6 Å². The summed E-state index contributed by atoms with van der Waals surface area (Å²) in [5, 5.41) is 21.6. The third-order valence-corrected chi connectivity index (χ3v) is 4.79. The molecule has 2 aromatic rings. The lowest BCUT2D eigenvalue weighted by atomic mass is 10.1. The lowest BCUT2D eigenvalue weighted by Gasteiger charge is -2.34. The Morgan fingerprint density at radius 3 is 2.54 bits per heavy atom. The highest BCUT2D eigenvalue weighted by atomic mass is 16.3. The lowest BCUT2D eigenvalue weighted by molar-refractivity contribution is -0.112. The number of phenols is 1. The van der Waals surface area contributed by atoms with Gasteiger partial charge in [0.1, 0.15) is 17.4 Å². The first-order valence-corrected chi connectivity index (χ1v) is 9.28. The molecule has 6 heteroatoms. The Morgan fingerprint density at radius 1 is 1.18 bits per heavy atom. The molecule has 0 radical (unpaired) electrons. The van der Waals surface area contributed by atoms with Crippen molar-refractivity contribution in [3.8, 4) is 11.8 Å². The van der Waals surface area contributed by atoms with Gasteiger partial charge in [-0.3, -0.25) is 9.69 Å². The van der Waals surface area contributed by atoms with Crippen LogP contribution in [0.2, 0.25) is 0 Å². The first-order valence-electron chi connectivity index (χ1n) is 9.28. The van der Waals surface area contributed by atoms with E-state index in [1.54, 1.807) is 25.3 Å². The monoisotopic (exact) mass is 376 g/mol. The number of nitrogens with one attached hydrogen (secondary N) is 1. The molecule has 1 aliphatic rings. The summed E-state index contributed by atoms with van der Waals surface area (Å²) in [5.74, 6) is -0.303. The number of hydrogen-bond acceptors (Lipinski definition) is 5. The Bertz CT molecular complexity index is 894. The molecule has 1 aliphatic heterocycles. The number of amides is 1. The van der Waals surface area contributed by atoms with Crippen LogP contribution in [0.5, 0.6) is 5.75 Å². The number of nitriles is 1. The molecule has 2 aromatic carbocycles. The zero-order valence-corrected chi connectivity index (χ0v) is 15.9. The Balaban J connectivity index is 1.57. The van der Waals surface area contributed by atoms with Gasteiger partial charge in [0.25, 0.3) is 5.91 Å². The molecule has 0 saturated carbocycles. The molecule has 1 saturated heterocycles. The fourth-order valence-corrected chi connectivity index (χ4v) is 3.19. The van der Waals surface area contributed by atoms with Gasteiger partial charge < -0.3 is 15.3 Å². The molecule has 144 valence electrons. The van der Waals surface area contributed by atoms with Gasteiger partial charge in [-0.15, -0.1) is 0 Å². The fourth-order valence-electron chi connectivity index (χ4n) is 3.19. The molecule has 1 amide bonds. The first-order chi connectivity index (χ1) is 13.5. The van der Waals surface area contributed by atoms with Crippen molar-refractivity contribution in [3.63, 3.8) is 0 Å². The van der Waals surface area contributed by atoms with E-state index in [0.717, 1.165) is 38.3 Å². The quantitative estimate of drug-likeness (QED) is 0.477. The summed E-state index contributed by atoms with van der Waals surface area (Å²) in [6, 6.07) is 17.0. The second kappa shape index (κ2) is 9.07. The van der Waals surface area contributed by atoms with Crippen LogP contribution < -0.4 is 5.32 Å². The molecule has 1 fully saturated rings. The van der Waals surface area contributed by atoms with E-state index >= 15 is 0 Å². The van der Waals surface area contributed by atoms with Crippen LogP contribution in [0.4, 0.5) is 5.69 Å². The molecule has 0 spiro atoms. The Hall–Kier alpha value is -3.30. The SMILES string of the molecule is Cc1cc(O)ccc1NC(=O)/C(C#N)=C\N1CCN(Cc2ccccc2)CC1. The molecular weight excluding hydrogens is 352 g/mol. The van der Waals surface area contributed by atoms with Crippen molar-refractivity contribution in [1.82, 2.24) is 9.80 Å². The molecule has 0 aromatic heterocycles. The molecule has 0 bridgehead atoms. The van der Waals surface area contributed by atoms with Gasteiger partial charge in [0.15, 0.2) is 0 Å². The summed E-state index contributed by atoms with van der Waals surface area (Å²) in [5.41, 5.74) is 2.67. The van der Waals surface area contributed by atoms with Crippen molar-refractivity contribution in [2.45, 2.75) is 13.5 Å². The normalized spacial score (nSPS) is 15.1. The maximum Gasteiger partial charge on any atom is 0.267 e. The van der Waals surface area contributed by atoms with Crippen molar-refractivity contribution in [1.29, 1.82) is 5.26 Å². The fraction of sp³-hybridized carbons (Fsp3) is 0.273. The van der Waals surface area contributed by atoms with Gasteiger partial charge >= 0.3 is 0 Å². The Morgan fingerprint density at radius 2 is 1.89 bits per heavy atom. The number of aryl methyl sites for hydroxylation is 1. The smallest absolute Gasteiger partial charge is 0.267 e. The summed E-state index contributed by atoms with van der Waals surface area (Å²) in [6.07, 6.45) is 1.64. The largest absolute Gasteiger partial charge is 0.508 e. The van der Waals surface area contributed by atoms with Crippen LogP contribution in [0.1, 0.15) is 11.1 Å². The van der Waals surface area contributed by atoms with E-state index in [4.69, 9.17) is 0 Å². The second-order valence-electron chi connectivity index (χ2n) is 6.91. The molecular formula is C22H24N4O2. The summed E-state index contributed by atoms with van der Waals surface area (Å²) in [4.78, 5) is 16.8. The highest BCUT2D eigenvalue weighted by Crippen LogP contribution is 2.20. The Labute approximate surface area is 165 Å². The maximum atomic E-state index is 12.5. The number of phenolic OH excluding ortho intramolecular Hbond substituents is 1. The van der Waals surface area contributed by atoms with E-state index < -0.39 is 5.91 Å². The van der Waals surface area contributed by atoms with Crippen molar-refractivity contribution in [2.75, 3.05) is 31.5 Å². The van der Waals surface area contributed by atoms with E-state index in [1.807, 2.05) is 29.2 Å². The number of anilines is 1. The van der Waals surface area contributed by atoms with Crippen LogP contribution in [0.15, 0.2) is 60.3 Å². The minimum atomic E-state index is -0.442. The summed E-state index contributed by atoms with van der Waals surface area (Å²) >= 11 is 0.